The van der Waals surface area contributed by atoms with Crippen LogP contribution in [0.15, 0.2) is 59.4 Å². The van der Waals surface area contributed by atoms with Gasteiger partial charge >= 0.3 is 0 Å². The minimum atomic E-state index is 0.684. The molecule has 0 aliphatic heterocycles. The zero-order valence-electron chi connectivity index (χ0n) is 8.45. The summed E-state index contributed by atoms with van der Waals surface area (Å²) < 4.78 is 6.93. The summed E-state index contributed by atoms with van der Waals surface area (Å²) in [5.74, 6) is 1.43. The summed E-state index contributed by atoms with van der Waals surface area (Å²) in [5, 5.41) is 8.05. The number of benzene rings is 1. The Morgan fingerprint density at radius 2 is 1.94 bits per heavy atom. The Bertz CT molecular complexity index is 569. The van der Waals surface area contributed by atoms with Crippen molar-refractivity contribution in [2.24, 2.45) is 0 Å². The van der Waals surface area contributed by atoms with Gasteiger partial charge in [0.1, 0.15) is 0 Å². The Kier molecular flexibility index (Phi) is 2.04. The van der Waals surface area contributed by atoms with Crippen LogP contribution < -0.4 is 0 Å². The molecule has 0 aliphatic rings. The molecule has 4 nitrogen and oxygen atoms in total. The van der Waals surface area contributed by atoms with Gasteiger partial charge in [0, 0.05) is 24.0 Å². The van der Waals surface area contributed by atoms with Crippen molar-refractivity contribution in [1.82, 2.24) is 14.9 Å². The van der Waals surface area contributed by atoms with Gasteiger partial charge in [-0.1, -0.05) is 35.5 Å². The van der Waals surface area contributed by atoms with Gasteiger partial charge < -0.3 is 4.52 Å². The SMILES string of the molecule is c1ccc(-c2cc(-n3cccn3)no2)cc1. The van der Waals surface area contributed by atoms with Crippen molar-refractivity contribution in [3.8, 4) is 17.1 Å². The molecule has 3 rings (SSSR count). The van der Waals surface area contributed by atoms with Gasteiger partial charge in [0.25, 0.3) is 0 Å². The first-order valence-electron chi connectivity index (χ1n) is 4.96. The van der Waals surface area contributed by atoms with Gasteiger partial charge in [-0.15, -0.1) is 0 Å². The van der Waals surface area contributed by atoms with Crippen LogP contribution in [0.1, 0.15) is 0 Å². The van der Waals surface area contributed by atoms with E-state index in [2.05, 4.69) is 10.3 Å². The Hall–Kier alpha value is -2.36. The van der Waals surface area contributed by atoms with Crippen molar-refractivity contribution in [3.05, 3.63) is 54.9 Å². The van der Waals surface area contributed by atoms with Crippen LogP contribution in [-0.2, 0) is 0 Å². The second-order valence-electron chi connectivity index (χ2n) is 3.37. The maximum Gasteiger partial charge on any atom is 0.196 e. The third kappa shape index (κ3) is 1.50. The van der Waals surface area contributed by atoms with Crippen LogP contribution in [0.3, 0.4) is 0 Å². The number of hydrogen-bond donors (Lipinski definition) is 0. The zero-order valence-corrected chi connectivity index (χ0v) is 8.45. The largest absolute Gasteiger partial charge is 0.354 e. The highest BCUT2D eigenvalue weighted by molar-refractivity contribution is 5.58. The van der Waals surface area contributed by atoms with Gasteiger partial charge in [0.2, 0.25) is 0 Å². The molecule has 0 aliphatic carbocycles. The van der Waals surface area contributed by atoms with Crippen LogP contribution in [0, 0.1) is 0 Å². The predicted octanol–water partition coefficient (Wildman–Crippen LogP) is 2.53. The lowest BCUT2D eigenvalue weighted by Gasteiger charge is -1.91. The van der Waals surface area contributed by atoms with Crippen molar-refractivity contribution >= 4 is 0 Å². The molecule has 0 radical (unpaired) electrons. The summed E-state index contributed by atoms with van der Waals surface area (Å²) in [6, 6.07) is 13.6. The zero-order chi connectivity index (χ0) is 10.8. The van der Waals surface area contributed by atoms with Crippen molar-refractivity contribution in [1.29, 1.82) is 0 Å². The summed E-state index contributed by atoms with van der Waals surface area (Å²) in [4.78, 5) is 0. The van der Waals surface area contributed by atoms with Crippen LogP contribution in [0.2, 0.25) is 0 Å². The fourth-order valence-corrected chi connectivity index (χ4v) is 1.52. The Morgan fingerprint density at radius 1 is 1.06 bits per heavy atom. The minimum Gasteiger partial charge on any atom is -0.354 e. The molecule has 0 saturated heterocycles. The highest BCUT2D eigenvalue weighted by atomic mass is 16.5. The molecule has 16 heavy (non-hydrogen) atoms. The third-order valence-electron chi connectivity index (χ3n) is 2.30. The molecular weight excluding hydrogens is 202 g/mol. The lowest BCUT2D eigenvalue weighted by atomic mass is 10.2. The molecule has 0 unspecified atom stereocenters. The molecule has 2 aromatic heterocycles. The van der Waals surface area contributed by atoms with E-state index in [0.29, 0.717) is 5.82 Å². The standard InChI is InChI=1S/C12H9N3O/c1-2-5-10(6-3-1)11-9-12(14-16-11)15-8-4-7-13-15/h1-9H. The van der Waals surface area contributed by atoms with E-state index in [1.165, 1.54) is 0 Å². The van der Waals surface area contributed by atoms with Gasteiger partial charge in [0.05, 0.1) is 0 Å². The first kappa shape index (κ1) is 8.91. The number of hydrogen-bond acceptors (Lipinski definition) is 3. The molecule has 2 heterocycles. The maximum atomic E-state index is 5.26. The van der Waals surface area contributed by atoms with E-state index in [9.17, 15) is 0 Å². The van der Waals surface area contributed by atoms with E-state index < -0.39 is 0 Å². The quantitative estimate of drug-likeness (QED) is 0.654. The second-order valence-corrected chi connectivity index (χ2v) is 3.37. The summed E-state index contributed by atoms with van der Waals surface area (Å²) in [6.07, 6.45) is 3.53. The van der Waals surface area contributed by atoms with Crippen molar-refractivity contribution in [3.63, 3.8) is 0 Å². The average molecular weight is 211 g/mol. The molecule has 78 valence electrons. The van der Waals surface area contributed by atoms with Crippen LogP contribution in [0.25, 0.3) is 17.1 Å². The molecule has 4 heteroatoms. The summed E-state index contributed by atoms with van der Waals surface area (Å²) in [5.41, 5.74) is 1.01. The van der Waals surface area contributed by atoms with Gasteiger partial charge in [0.15, 0.2) is 11.6 Å². The number of aromatic nitrogens is 3. The molecule has 0 spiro atoms. The molecule has 0 atom stereocenters. The number of rotatable bonds is 2. The lowest BCUT2D eigenvalue weighted by molar-refractivity contribution is 0.427. The number of nitrogens with zero attached hydrogens (tertiary/aromatic N) is 3. The van der Waals surface area contributed by atoms with Crippen molar-refractivity contribution in [2.75, 3.05) is 0 Å². The van der Waals surface area contributed by atoms with Crippen LogP contribution in [0.5, 0.6) is 0 Å². The van der Waals surface area contributed by atoms with Gasteiger partial charge in [-0.05, 0) is 6.07 Å². The van der Waals surface area contributed by atoms with Crippen LogP contribution in [-0.4, -0.2) is 14.9 Å². The monoisotopic (exact) mass is 211 g/mol. The Morgan fingerprint density at radius 3 is 2.69 bits per heavy atom. The molecule has 0 fully saturated rings. The normalized spacial score (nSPS) is 10.5. The first-order valence-corrected chi connectivity index (χ1v) is 4.96. The minimum absolute atomic E-state index is 0.684. The van der Waals surface area contributed by atoms with E-state index in [1.54, 1.807) is 10.9 Å². The van der Waals surface area contributed by atoms with Gasteiger partial charge in [-0.2, -0.15) is 5.10 Å². The smallest absolute Gasteiger partial charge is 0.196 e. The topological polar surface area (TPSA) is 43.9 Å². The molecule has 0 amide bonds. The van der Waals surface area contributed by atoms with E-state index in [0.717, 1.165) is 11.3 Å². The van der Waals surface area contributed by atoms with Crippen LogP contribution >= 0.6 is 0 Å². The highest BCUT2D eigenvalue weighted by Gasteiger charge is 2.07. The molecule has 1 aromatic carbocycles. The summed E-state index contributed by atoms with van der Waals surface area (Å²) in [6.45, 7) is 0. The van der Waals surface area contributed by atoms with Gasteiger partial charge in [-0.3, -0.25) is 0 Å². The van der Waals surface area contributed by atoms with Gasteiger partial charge in [-0.25, -0.2) is 4.68 Å². The molecular formula is C12H9N3O. The van der Waals surface area contributed by atoms with Crippen molar-refractivity contribution in [2.45, 2.75) is 0 Å². The highest BCUT2D eigenvalue weighted by Crippen LogP contribution is 2.20. The fourth-order valence-electron chi connectivity index (χ4n) is 1.52. The molecule has 0 N–H and O–H groups in total. The predicted molar refractivity (Wildman–Crippen MR) is 59.1 cm³/mol. The van der Waals surface area contributed by atoms with E-state index in [-0.39, 0.29) is 0 Å². The Balaban J connectivity index is 2.00. The van der Waals surface area contributed by atoms with Crippen molar-refractivity contribution < 1.29 is 4.52 Å². The fraction of sp³-hybridized carbons (Fsp3) is 0. The van der Waals surface area contributed by atoms with Crippen LogP contribution in [0.4, 0.5) is 0 Å². The van der Waals surface area contributed by atoms with E-state index in [1.807, 2.05) is 48.7 Å². The van der Waals surface area contributed by atoms with E-state index >= 15 is 0 Å². The molecule has 0 saturated carbocycles. The third-order valence-corrected chi connectivity index (χ3v) is 2.30. The average Bonchev–Trinajstić information content (AvgIpc) is 3.01. The first-order chi connectivity index (χ1) is 7.93. The van der Waals surface area contributed by atoms with E-state index in [4.69, 9.17) is 4.52 Å². The second kappa shape index (κ2) is 3.66. The summed E-state index contributed by atoms with van der Waals surface area (Å²) >= 11 is 0. The summed E-state index contributed by atoms with van der Waals surface area (Å²) in [7, 11) is 0. The Labute approximate surface area is 92.1 Å². The molecule has 0 bridgehead atoms. The molecule has 3 aromatic rings. The lowest BCUT2D eigenvalue weighted by Crippen LogP contribution is -1.92. The maximum absolute atomic E-state index is 5.26.